The van der Waals surface area contributed by atoms with Crippen LogP contribution in [0.25, 0.3) is 0 Å². The molecule has 5 heteroatoms. The molecule has 1 atom stereocenters. The second-order valence-corrected chi connectivity index (χ2v) is 4.22. The fourth-order valence-corrected chi connectivity index (χ4v) is 1.71. The van der Waals surface area contributed by atoms with Crippen molar-refractivity contribution in [2.75, 3.05) is 5.73 Å². The highest BCUT2D eigenvalue weighted by atomic mass is 16.2. The summed E-state index contributed by atoms with van der Waals surface area (Å²) in [5, 5.41) is 2.90. The molecule has 0 spiro atoms. The molecular formula is C13H16N4O. The van der Waals surface area contributed by atoms with Crippen molar-refractivity contribution in [3.05, 3.63) is 48.0 Å². The maximum atomic E-state index is 12.0. The normalized spacial score (nSPS) is 12.1. The molecule has 0 saturated heterocycles. The number of amides is 1. The van der Waals surface area contributed by atoms with Crippen LogP contribution in [0.3, 0.4) is 0 Å². The minimum Gasteiger partial charge on any atom is -0.399 e. The van der Waals surface area contributed by atoms with Crippen LogP contribution < -0.4 is 11.1 Å². The summed E-state index contributed by atoms with van der Waals surface area (Å²) in [6.45, 7) is 1.92. The molecule has 0 aliphatic heterocycles. The van der Waals surface area contributed by atoms with Gasteiger partial charge in [-0.05, 0) is 24.6 Å². The van der Waals surface area contributed by atoms with Crippen LogP contribution >= 0.6 is 0 Å². The van der Waals surface area contributed by atoms with E-state index >= 15 is 0 Å². The first-order valence-electron chi connectivity index (χ1n) is 5.71. The zero-order valence-electron chi connectivity index (χ0n) is 10.4. The van der Waals surface area contributed by atoms with Crippen molar-refractivity contribution in [1.29, 1.82) is 0 Å². The Hall–Kier alpha value is -2.30. The van der Waals surface area contributed by atoms with E-state index in [1.807, 2.05) is 31.2 Å². The number of nitrogens with zero attached hydrogens (tertiary/aromatic N) is 2. The number of aromatic nitrogens is 2. The molecule has 1 amide bonds. The third kappa shape index (κ3) is 2.51. The summed E-state index contributed by atoms with van der Waals surface area (Å²) in [4.78, 5) is 16.0. The van der Waals surface area contributed by atoms with Gasteiger partial charge in [0, 0.05) is 25.1 Å². The second-order valence-electron chi connectivity index (χ2n) is 4.22. The van der Waals surface area contributed by atoms with Gasteiger partial charge in [-0.3, -0.25) is 4.79 Å². The fraction of sp³-hybridized carbons (Fsp3) is 0.231. The Balaban J connectivity index is 2.08. The molecule has 0 aliphatic carbocycles. The molecule has 3 N–H and O–H groups in total. The number of nitrogens with one attached hydrogen (secondary N) is 1. The lowest BCUT2D eigenvalue weighted by Crippen LogP contribution is -2.28. The van der Waals surface area contributed by atoms with Crippen molar-refractivity contribution >= 4 is 11.6 Å². The van der Waals surface area contributed by atoms with Gasteiger partial charge in [0.1, 0.15) is 0 Å². The predicted octanol–water partition coefficient (Wildman–Crippen LogP) is 1.49. The van der Waals surface area contributed by atoms with E-state index in [0.717, 1.165) is 5.56 Å². The molecule has 2 rings (SSSR count). The number of carbonyl (C=O) groups excluding carboxylic acids is 1. The number of imidazole rings is 1. The molecule has 1 aromatic heterocycles. The van der Waals surface area contributed by atoms with Crippen LogP contribution in [-0.2, 0) is 7.05 Å². The maximum Gasteiger partial charge on any atom is 0.287 e. The topological polar surface area (TPSA) is 72.9 Å². The zero-order valence-corrected chi connectivity index (χ0v) is 10.4. The van der Waals surface area contributed by atoms with Gasteiger partial charge in [0.05, 0.1) is 6.04 Å². The van der Waals surface area contributed by atoms with Gasteiger partial charge in [-0.2, -0.15) is 0 Å². The van der Waals surface area contributed by atoms with Crippen molar-refractivity contribution < 1.29 is 4.79 Å². The second kappa shape index (κ2) is 4.91. The summed E-state index contributed by atoms with van der Waals surface area (Å²) in [5.74, 6) is 0.212. The molecule has 0 aliphatic rings. The van der Waals surface area contributed by atoms with E-state index in [0.29, 0.717) is 11.5 Å². The largest absolute Gasteiger partial charge is 0.399 e. The summed E-state index contributed by atoms with van der Waals surface area (Å²) in [5.41, 5.74) is 7.34. The van der Waals surface area contributed by atoms with Gasteiger partial charge in [-0.25, -0.2) is 4.98 Å². The lowest BCUT2D eigenvalue weighted by molar-refractivity contribution is 0.0926. The summed E-state index contributed by atoms with van der Waals surface area (Å²) < 4.78 is 1.69. The van der Waals surface area contributed by atoms with Crippen molar-refractivity contribution in [3.63, 3.8) is 0 Å². The maximum absolute atomic E-state index is 12.0. The first kappa shape index (κ1) is 12.2. The molecule has 0 saturated carbocycles. The molecule has 0 fully saturated rings. The van der Waals surface area contributed by atoms with Gasteiger partial charge in [0.2, 0.25) is 0 Å². The molecule has 2 aromatic rings. The highest BCUT2D eigenvalue weighted by Gasteiger charge is 2.14. The molecule has 0 radical (unpaired) electrons. The van der Waals surface area contributed by atoms with Crippen molar-refractivity contribution in [2.45, 2.75) is 13.0 Å². The van der Waals surface area contributed by atoms with Gasteiger partial charge in [-0.15, -0.1) is 0 Å². The van der Waals surface area contributed by atoms with E-state index in [-0.39, 0.29) is 11.9 Å². The number of aryl methyl sites for hydroxylation is 1. The van der Waals surface area contributed by atoms with Crippen molar-refractivity contribution in [3.8, 4) is 0 Å². The van der Waals surface area contributed by atoms with Crippen LogP contribution in [0, 0.1) is 0 Å². The van der Waals surface area contributed by atoms with Gasteiger partial charge in [0.25, 0.3) is 5.91 Å². The first-order chi connectivity index (χ1) is 8.58. The number of benzene rings is 1. The van der Waals surface area contributed by atoms with Crippen LogP contribution in [0.5, 0.6) is 0 Å². The summed E-state index contributed by atoms with van der Waals surface area (Å²) in [7, 11) is 1.79. The number of nitrogens with two attached hydrogens (primary N) is 1. The van der Waals surface area contributed by atoms with E-state index in [2.05, 4.69) is 10.3 Å². The third-order valence-corrected chi connectivity index (χ3v) is 2.81. The number of rotatable bonds is 3. The molecule has 1 aromatic carbocycles. The number of nitrogen functional groups attached to an aromatic ring is 1. The van der Waals surface area contributed by atoms with Crippen LogP contribution in [0.1, 0.15) is 29.1 Å². The van der Waals surface area contributed by atoms with E-state index in [9.17, 15) is 4.79 Å². The number of anilines is 1. The average molecular weight is 244 g/mol. The number of hydrogen-bond acceptors (Lipinski definition) is 3. The average Bonchev–Trinajstić information content (AvgIpc) is 2.76. The Morgan fingerprint density at radius 2 is 2.06 bits per heavy atom. The van der Waals surface area contributed by atoms with Gasteiger partial charge >= 0.3 is 0 Å². The monoisotopic (exact) mass is 244 g/mol. The Bertz CT molecular complexity index is 544. The molecular weight excluding hydrogens is 228 g/mol. The number of hydrogen-bond donors (Lipinski definition) is 2. The van der Waals surface area contributed by atoms with Crippen LogP contribution in [0.4, 0.5) is 5.69 Å². The molecule has 0 bridgehead atoms. The zero-order chi connectivity index (χ0) is 13.1. The summed E-state index contributed by atoms with van der Waals surface area (Å²) in [6, 6.07) is 7.35. The molecule has 1 heterocycles. The Morgan fingerprint density at radius 3 is 2.61 bits per heavy atom. The molecule has 18 heavy (non-hydrogen) atoms. The lowest BCUT2D eigenvalue weighted by atomic mass is 10.1. The van der Waals surface area contributed by atoms with Crippen LogP contribution in [0.15, 0.2) is 36.7 Å². The quantitative estimate of drug-likeness (QED) is 0.803. The van der Waals surface area contributed by atoms with Crippen LogP contribution in [-0.4, -0.2) is 15.5 Å². The van der Waals surface area contributed by atoms with Crippen LogP contribution in [0.2, 0.25) is 0 Å². The Morgan fingerprint density at radius 1 is 1.39 bits per heavy atom. The Labute approximate surface area is 106 Å². The summed E-state index contributed by atoms with van der Waals surface area (Å²) >= 11 is 0. The van der Waals surface area contributed by atoms with E-state index in [4.69, 9.17) is 5.73 Å². The predicted molar refractivity (Wildman–Crippen MR) is 69.9 cm³/mol. The van der Waals surface area contributed by atoms with E-state index in [1.54, 1.807) is 24.0 Å². The third-order valence-electron chi connectivity index (χ3n) is 2.81. The number of carbonyl (C=O) groups is 1. The SMILES string of the molecule is CC(NC(=O)c1nccn1C)c1ccc(N)cc1. The minimum atomic E-state index is -0.188. The minimum absolute atomic E-state index is 0.0881. The Kier molecular flexibility index (Phi) is 3.32. The molecule has 1 unspecified atom stereocenters. The fourth-order valence-electron chi connectivity index (χ4n) is 1.71. The van der Waals surface area contributed by atoms with E-state index < -0.39 is 0 Å². The van der Waals surface area contributed by atoms with Gasteiger partial charge in [0.15, 0.2) is 5.82 Å². The summed E-state index contributed by atoms with van der Waals surface area (Å²) in [6.07, 6.45) is 3.34. The van der Waals surface area contributed by atoms with Crippen molar-refractivity contribution in [2.24, 2.45) is 7.05 Å². The van der Waals surface area contributed by atoms with Gasteiger partial charge < -0.3 is 15.6 Å². The molecule has 94 valence electrons. The standard InChI is InChI=1S/C13H16N4O/c1-9(10-3-5-11(14)6-4-10)16-13(18)12-15-7-8-17(12)2/h3-9H,14H2,1-2H3,(H,16,18). The van der Waals surface area contributed by atoms with E-state index in [1.165, 1.54) is 0 Å². The first-order valence-corrected chi connectivity index (χ1v) is 5.71. The smallest absolute Gasteiger partial charge is 0.287 e. The van der Waals surface area contributed by atoms with Gasteiger partial charge in [-0.1, -0.05) is 12.1 Å². The van der Waals surface area contributed by atoms with Crippen molar-refractivity contribution in [1.82, 2.24) is 14.9 Å². The molecule has 5 nitrogen and oxygen atoms in total. The highest BCUT2D eigenvalue weighted by molar-refractivity contribution is 5.91. The lowest BCUT2D eigenvalue weighted by Gasteiger charge is -2.14. The highest BCUT2D eigenvalue weighted by Crippen LogP contribution is 2.14.